The smallest absolute Gasteiger partial charge is 0.409 e. The standard InChI is InChI=1S/C29H38ClN5O5/c1-5-6-7-16-39-25-18-22(9-10-24(25)38-4)35-14-8-13-34(28(35)36)19-21-11-12-31-27-26(21)23(30)20-33(27)15-17-40-29(37)32(2)3/h9-12,18,20H,5-8,13-17,19H2,1-4H3. The zero-order valence-electron chi connectivity index (χ0n) is 23.7. The van der Waals surface area contributed by atoms with Gasteiger partial charge in [-0.15, -0.1) is 0 Å². The third kappa shape index (κ3) is 6.72. The summed E-state index contributed by atoms with van der Waals surface area (Å²) in [4.78, 5) is 34.9. The monoisotopic (exact) mass is 571 g/mol. The lowest BCUT2D eigenvalue weighted by Gasteiger charge is -2.36. The van der Waals surface area contributed by atoms with Crippen LogP contribution in [0.2, 0.25) is 5.02 Å². The highest BCUT2D eigenvalue weighted by Gasteiger charge is 2.28. The number of methoxy groups -OCH3 is 1. The number of rotatable bonds is 12. The number of benzene rings is 1. The van der Waals surface area contributed by atoms with E-state index < -0.39 is 6.09 Å². The van der Waals surface area contributed by atoms with E-state index in [0.29, 0.717) is 55.0 Å². The zero-order valence-corrected chi connectivity index (χ0v) is 24.4. The topological polar surface area (TPSA) is 89.4 Å². The minimum absolute atomic E-state index is 0.0792. The Labute approximate surface area is 240 Å². The number of carbonyl (C=O) groups excluding carboxylic acids is 2. The summed E-state index contributed by atoms with van der Waals surface area (Å²) in [6, 6.07) is 7.44. The Kier molecular flexibility index (Phi) is 9.98. The van der Waals surface area contributed by atoms with Gasteiger partial charge in [-0.25, -0.2) is 14.6 Å². The molecule has 0 saturated carbocycles. The summed E-state index contributed by atoms with van der Waals surface area (Å²) >= 11 is 6.64. The third-order valence-electron chi connectivity index (χ3n) is 6.86. The summed E-state index contributed by atoms with van der Waals surface area (Å²) in [5.41, 5.74) is 2.37. The normalized spacial score (nSPS) is 13.6. The SMILES string of the molecule is CCCCCOc1cc(N2CCCN(Cc3ccnc4c3c(Cl)cn4CCOC(=O)N(C)C)C2=O)ccc1OC. The largest absolute Gasteiger partial charge is 0.493 e. The maximum absolute atomic E-state index is 13.7. The van der Waals surface area contributed by atoms with Gasteiger partial charge in [-0.1, -0.05) is 31.4 Å². The van der Waals surface area contributed by atoms with E-state index in [1.165, 1.54) is 4.90 Å². The summed E-state index contributed by atoms with van der Waals surface area (Å²) < 4.78 is 18.6. The first kappa shape index (κ1) is 29.3. The van der Waals surface area contributed by atoms with E-state index in [-0.39, 0.29) is 12.6 Å². The van der Waals surface area contributed by atoms with Crippen LogP contribution < -0.4 is 14.4 Å². The van der Waals surface area contributed by atoms with Crippen molar-refractivity contribution in [3.63, 3.8) is 0 Å². The first-order chi connectivity index (χ1) is 19.3. The van der Waals surface area contributed by atoms with E-state index >= 15 is 0 Å². The van der Waals surface area contributed by atoms with Gasteiger partial charge in [0.25, 0.3) is 0 Å². The number of hydrogen-bond acceptors (Lipinski definition) is 6. The molecule has 40 heavy (non-hydrogen) atoms. The predicted octanol–water partition coefficient (Wildman–Crippen LogP) is 5.80. The number of halogens is 1. The van der Waals surface area contributed by atoms with Crippen LogP contribution in [0.3, 0.4) is 0 Å². The lowest BCUT2D eigenvalue weighted by atomic mass is 10.1. The fraction of sp³-hybridized carbons (Fsp3) is 0.483. The Morgan fingerprint density at radius 1 is 1.12 bits per heavy atom. The van der Waals surface area contributed by atoms with Crippen molar-refractivity contribution in [3.8, 4) is 11.5 Å². The van der Waals surface area contributed by atoms with Crippen molar-refractivity contribution in [2.75, 3.05) is 52.4 Å². The van der Waals surface area contributed by atoms with E-state index in [9.17, 15) is 9.59 Å². The quantitative estimate of drug-likeness (QED) is 0.255. The van der Waals surface area contributed by atoms with Gasteiger partial charge in [-0.05, 0) is 36.6 Å². The Morgan fingerprint density at radius 2 is 1.95 bits per heavy atom. The molecule has 3 aromatic rings. The fourth-order valence-electron chi connectivity index (χ4n) is 4.75. The molecule has 216 valence electrons. The number of ether oxygens (including phenoxy) is 3. The lowest BCUT2D eigenvalue weighted by Crippen LogP contribution is -2.49. The van der Waals surface area contributed by atoms with Crippen LogP contribution in [-0.4, -0.2) is 79.0 Å². The predicted molar refractivity (Wildman–Crippen MR) is 156 cm³/mol. The number of anilines is 1. The molecule has 3 heterocycles. The molecule has 1 aliphatic rings. The maximum atomic E-state index is 13.7. The Hall–Kier alpha value is -3.66. The van der Waals surface area contributed by atoms with Crippen LogP contribution in [-0.2, 0) is 17.8 Å². The van der Waals surface area contributed by atoms with Crippen LogP contribution in [0, 0.1) is 0 Å². The third-order valence-corrected chi connectivity index (χ3v) is 7.14. The highest BCUT2D eigenvalue weighted by atomic mass is 35.5. The number of unbranched alkanes of at least 4 members (excludes halogenated alkanes) is 2. The lowest BCUT2D eigenvalue weighted by molar-refractivity contribution is 0.115. The van der Waals surface area contributed by atoms with Gasteiger partial charge in [0, 0.05) is 63.3 Å². The second-order valence-electron chi connectivity index (χ2n) is 9.95. The molecule has 1 saturated heterocycles. The molecule has 1 aromatic carbocycles. The first-order valence-electron chi connectivity index (χ1n) is 13.7. The molecule has 1 aliphatic heterocycles. The molecule has 11 heteroatoms. The van der Waals surface area contributed by atoms with Gasteiger partial charge >= 0.3 is 12.1 Å². The Balaban J connectivity index is 1.50. The van der Waals surface area contributed by atoms with E-state index in [1.807, 2.05) is 33.7 Å². The molecular weight excluding hydrogens is 534 g/mol. The molecule has 3 amide bonds. The van der Waals surface area contributed by atoms with Crippen LogP contribution in [0.1, 0.15) is 38.2 Å². The average molecular weight is 572 g/mol. The maximum Gasteiger partial charge on any atom is 0.409 e. The number of fused-ring (bicyclic) bond motifs is 1. The van der Waals surface area contributed by atoms with Crippen molar-refractivity contribution in [1.82, 2.24) is 19.4 Å². The molecule has 0 aliphatic carbocycles. The molecule has 10 nitrogen and oxygen atoms in total. The molecule has 0 spiro atoms. The molecule has 2 aromatic heterocycles. The molecule has 0 bridgehead atoms. The highest BCUT2D eigenvalue weighted by Crippen LogP contribution is 2.34. The van der Waals surface area contributed by atoms with Crippen LogP contribution in [0.5, 0.6) is 11.5 Å². The summed E-state index contributed by atoms with van der Waals surface area (Å²) in [7, 11) is 4.89. The summed E-state index contributed by atoms with van der Waals surface area (Å²) in [6.07, 6.45) is 7.10. The summed E-state index contributed by atoms with van der Waals surface area (Å²) in [6.45, 7) is 5.00. The molecule has 0 radical (unpaired) electrons. The van der Waals surface area contributed by atoms with E-state index in [4.69, 9.17) is 25.8 Å². The number of urea groups is 1. The molecule has 4 rings (SSSR count). The van der Waals surface area contributed by atoms with Gasteiger partial charge in [-0.2, -0.15) is 0 Å². The number of hydrogen-bond donors (Lipinski definition) is 0. The fourth-order valence-corrected chi connectivity index (χ4v) is 5.07. The van der Waals surface area contributed by atoms with E-state index in [2.05, 4.69) is 11.9 Å². The van der Waals surface area contributed by atoms with Crippen molar-refractivity contribution in [2.45, 2.75) is 45.7 Å². The van der Waals surface area contributed by atoms with E-state index in [0.717, 1.165) is 42.3 Å². The molecule has 0 unspecified atom stereocenters. The average Bonchev–Trinajstić information content (AvgIpc) is 3.28. The van der Waals surface area contributed by atoms with Gasteiger partial charge in [0.15, 0.2) is 11.5 Å². The van der Waals surface area contributed by atoms with Crippen molar-refractivity contribution in [3.05, 3.63) is 47.2 Å². The van der Waals surface area contributed by atoms with Crippen molar-refractivity contribution in [1.29, 1.82) is 0 Å². The minimum atomic E-state index is -0.406. The molecule has 0 N–H and O–H groups in total. The van der Waals surface area contributed by atoms with Gasteiger partial charge < -0.3 is 28.6 Å². The van der Waals surface area contributed by atoms with Crippen LogP contribution in [0.4, 0.5) is 15.3 Å². The van der Waals surface area contributed by atoms with Gasteiger partial charge in [0.05, 0.1) is 25.3 Å². The van der Waals surface area contributed by atoms with Crippen molar-refractivity contribution >= 4 is 40.4 Å². The summed E-state index contributed by atoms with van der Waals surface area (Å²) in [5.74, 6) is 1.29. The summed E-state index contributed by atoms with van der Waals surface area (Å²) in [5, 5.41) is 1.33. The number of nitrogens with zero attached hydrogens (tertiary/aromatic N) is 5. The first-order valence-corrected chi connectivity index (χ1v) is 14.0. The van der Waals surface area contributed by atoms with Crippen molar-refractivity contribution < 1.29 is 23.8 Å². The number of carbonyl (C=O) groups is 2. The molecular formula is C29H38ClN5O5. The van der Waals surface area contributed by atoms with Crippen LogP contribution >= 0.6 is 11.6 Å². The van der Waals surface area contributed by atoms with E-state index in [1.54, 1.807) is 38.5 Å². The second kappa shape index (κ2) is 13.6. The van der Waals surface area contributed by atoms with Crippen molar-refractivity contribution in [2.24, 2.45) is 0 Å². The molecule has 1 fully saturated rings. The Bertz CT molecular complexity index is 1330. The van der Waals surface area contributed by atoms with Gasteiger partial charge in [-0.3, -0.25) is 4.90 Å². The van der Waals surface area contributed by atoms with Crippen LogP contribution in [0.25, 0.3) is 11.0 Å². The number of pyridine rings is 1. The number of amides is 3. The Morgan fingerprint density at radius 3 is 2.70 bits per heavy atom. The highest BCUT2D eigenvalue weighted by molar-refractivity contribution is 6.35. The van der Waals surface area contributed by atoms with Crippen LogP contribution in [0.15, 0.2) is 36.7 Å². The molecule has 0 atom stereocenters. The zero-order chi connectivity index (χ0) is 28.6. The number of aromatic nitrogens is 2. The van der Waals surface area contributed by atoms with Gasteiger partial charge in [0.2, 0.25) is 0 Å². The second-order valence-corrected chi connectivity index (χ2v) is 10.4. The van der Waals surface area contributed by atoms with Gasteiger partial charge in [0.1, 0.15) is 12.3 Å². The minimum Gasteiger partial charge on any atom is -0.493 e.